The van der Waals surface area contributed by atoms with Gasteiger partial charge in [0.25, 0.3) is 5.89 Å². The molecule has 0 saturated carbocycles. The molecule has 0 atom stereocenters. The first-order chi connectivity index (χ1) is 11.3. The van der Waals surface area contributed by atoms with E-state index in [1.807, 2.05) is 24.3 Å². The third-order valence-electron chi connectivity index (χ3n) is 3.72. The summed E-state index contributed by atoms with van der Waals surface area (Å²) in [5.74, 6) is 1.61. The number of nitrogens with zero attached hydrogens (tertiary/aromatic N) is 3. The third kappa shape index (κ3) is 3.68. The number of morpholine rings is 1. The van der Waals surface area contributed by atoms with Gasteiger partial charge in [0.2, 0.25) is 11.8 Å². The summed E-state index contributed by atoms with van der Waals surface area (Å²) in [4.78, 5) is 13.9. The van der Waals surface area contributed by atoms with Gasteiger partial charge in [-0.25, -0.2) is 0 Å². The van der Waals surface area contributed by atoms with Gasteiger partial charge in [-0.1, -0.05) is 12.1 Å². The van der Waals surface area contributed by atoms with Crippen LogP contribution in [0.15, 0.2) is 28.7 Å². The molecule has 0 unspecified atom stereocenters. The molecule has 7 heteroatoms. The molecule has 0 N–H and O–H groups in total. The van der Waals surface area contributed by atoms with Crippen molar-refractivity contribution >= 4 is 5.91 Å². The van der Waals surface area contributed by atoms with Crippen LogP contribution in [-0.4, -0.2) is 54.4 Å². The lowest BCUT2D eigenvalue weighted by Gasteiger charge is -2.26. The second-order valence-corrected chi connectivity index (χ2v) is 5.19. The number of hydrogen-bond donors (Lipinski definition) is 0. The predicted molar refractivity (Wildman–Crippen MR) is 82.0 cm³/mol. The van der Waals surface area contributed by atoms with Gasteiger partial charge in [-0.2, -0.15) is 0 Å². The van der Waals surface area contributed by atoms with Crippen molar-refractivity contribution < 1.29 is 18.7 Å². The minimum Gasteiger partial charge on any atom is -0.496 e. The summed E-state index contributed by atoms with van der Waals surface area (Å²) in [6.07, 6.45) is 0.784. The molecule has 1 saturated heterocycles. The molecule has 122 valence electrons. The van der Waals surface area contributed by atoms with Crippen LogP contribution < -0.4 is 4.74 Å². The van der Waals surface area contributed by atoms with E-state index in [1.165, 1.54) is 0 Å². The molecule has 0 bridgehead atoms. The minimum atomic E-state index is 0.0883. The number of aryl methyl sites for hydroxylation is 1. The average molecular weight is 317 g/mol. The van der Waals surface area contributed by atoms with Gasteiger partial charge in [-0.3, -0.25) is 4.79 Å². The van der Waals surface area contributed by atoms with Crippen molar-refractivity contribution in [2.45, 2.75) is 12.8 Å². The molecule has 0 spiro atoms. The molecule has 1 aliphatic heterocycles. The van der Waals surface area contributed by atoms with E-state index < -0.39 is 0 Å². The Morgan fingerprint density at radius 1 is 1.26 bits per heavy atom. The second-order valence-electron chi connectivity index (χ2n) is 5.19. The Morgan fingerprint density at radius 3 is 2.83 bits per heavy atom. The highest BCUT2D eigenvalue weighted by atomic mass is 16.5. The van der Waals surface area contributed by atoms with E-state index in [2.05, 4.69) is 10.2 Å². The lowest BCUT2D eigenvalue weighted by Crippen LogP contribution is -2.40. The largest absolute Gasteiger partial charge is 0.496 e. The fourth-order valence-electron chi connectivity index (χ4n) is 2.47. The normalized spacial score (nSPS) is 14.7. The van der Waals surface area contributed by atoms with Gasteiger partial charge < -0.3 is 18.8 Å². The van der Waals surface area contributed by atoms with Crippen LogP contribution in [0.25, 0.3) is 11.5 Å². The lowest BCUT2D eigenvalue weighted by molar-refractivity contribution is -0.135. The van der Waals surface area contributed by atoms with Crippen molar-refractivity contribution in [2.24, 2.45) is 0 Å². The molecule has 1 fully saturated rings. The summed E-state index contributed by atoms with van der Waals surface area (Å²) in [6.45, 7) is 2.50. The van der Waals surface area contributed by atoms with Crippen LogP contribution in [0.2, 0.25) is 0 Å². The van der Waals surface area contributed by atoms with Gasteiger partial charge in [0, 0.05) is 25.9 Å². The van der Waals surface area contributed by atoms with Crippen LogP contribution in [0.5, 0.6) is 5.75 Å². The van der Waals surface area contributed by atoms with E-state index in [4.69, 9.17) is 13.9 Å². The van der Waals surface area contributed by atoms with E-state index in [0.29, 0.717) is 56.7 Å². The van der Waals surface area contributed by atoms with E-state index in [-0.39, 0.29) is 5.91 Å². The maximum absolute atomic E-state index is 12.1. The monoisotopic (exact) mass is 317 g/mol. The van der Waals surface area contributed by atoms with E-state index in [0.717, 1.165) is 5.56 Å². The zero-order chi connectivity index (χ0) is 16.1. The minimum absolute atomic E-state index is 0.0883. The molecule has 1 aliphatic rings. The van der Waals surface area contributed by atoms with Gasteiger partial charge in [-0.15, -0.1) is 10.2 Å². The summed E-state index contributed by atoms with van der Waals surface area (Å²) in [6, 6.07) is 7.44. The number of amides is 1. The molecule has 0 radical (unpaired) electrons. The Morgan fingerprint density at radius 2 is 2.04 bits per heavy atom. The van der Waals surface area contributed by atoms with Gasteiger partial charge in [0.15, 0.2) is 0 Å². The number of benzene rings is 1. The number of hydrogen-bond acceptors (Lipinski definition) is 6. The van der Waals surface area contributed by atoms with Crippen LogP contribution in [0.3, 0.4) is 0 Å². The zero-order valence-corrected chi connectivity index (χ0v) is 13.0. The maximum Gasteiger partial charge on any atom is 0.251 e. The molecular formula is C16H19N3O4. The first-order valence-electron chi connectivity index (χ1n) is 7.59. The number of ether oxygens (including phenoxy) is 2. The highest BCUT2D eigenvalue weighted by molar-refractivity contribution is 5.76. The third-order valence-corrected chi connectivity index (χ3v) is 3.72. The predicted octanol–water partition coefficient (Wildman–Crippen LogP) is 1.54. The van der Waals surface area contributed by atoms with Gasteiger partial charge in [0.05, 0.1) is 25.9 Å². The van der Waals surface area contributed by atoms with Crippen LogP contribution in [0.4, 0.5) is 0 Å². The van der Waals surface area contributed by atoms with Gasteiger partial charge >= 0.3 is 0 Å². The number of methoxy groups -OCH3 is 1. The molecule has 23 heavy (non-hydrogen) atoms. The van der Waals surface area contributed by atoms with E-state index in [9.17, 15) is 4.79 Å². The highest BCUT2D eigenvalue weighted by Crippen LogP contribution is 2.28. The van der Waals surface area contributed by atoms with Crippen LogP contribution in [0.1, 0.15) is 12.3 Å². The fourth-order valence-corrected chi connectivity index (χ4v) is 2.47. The van der Waals surface area contributed by atoms with Crippen molar-refractivity contribution in [3.05, 3.63) is 30.2 Å². The smallest absolute Gasteiger partial charge is 0.251 e. The first kappa shape index (κ1) is 15.5. The van der Waals surface area contributed by atoms with Crippen molar-refractivity contribution in [2.75, 3.05) is 33.4 Å². The molecule has 3 rings (SSSR count). The maximum atomic E-state index is 12.1. The van der Waals surface area contributed by atoms with E-state index in [1.54, 1.807) is 12.0 Å². The number of para-hydroxylation sites is 1. The number of aromatic nitrogens is 2. The molecule has 0 aliphatic carbocycles. The Bertz CT molecular complexity index is 665. The van der Waals surface area contributed by atoms with Crippen molar-refractivity contribution in [3.63, 3.8) is 0 Å². The Labute approximate surface area is 134 Å². The standard InChI is InChI=1S/C16H19N3O4/c1-21-13-5-3-2-4-12(13)16-18-17-14(23-16)6-7-15(20)19-8-10-22-11-9-19/h2-5H,6-11H2,1H3. The number of carbonyl (C=O) groups is 1. The van der Waals surface area contributed by atoms with Crippen LogP contribution >= 0.6 is 0 Å². The lowest BCUT2D eigenvalue weighted by atomic mass is 10.2. The fraction of sp³-hybridized carbons (Fsp3) is 0.438. The van der Waals surface area contributed by atoms with Crippen molar-refractivity contribution in [1.29, 1.82) is 0 Å². The quantitative estimate of drug-likeness (QED) is 0.832. The van der Waals surface area contributed by atoms with E-state index >= 15 is 0 Å². The summed E-state index contributed by atoms with van der Waals surface area (Å²) in [5, 5.41) is 8.06. The Kier molecular flexibility index (Phi) is 4.87. The molecule has 1 aromatic carbocycles. The zero-order valence-electron chi connectivity index (χ0n) is 13.0. The Hall–Kier alpha value is -2.41. The molecule has 2 heterocycles. The van der Waals surface area contributed by atoms with Crippen LogP contribution in [-0.2, 0) is 16.0 Å². The van der Waals surface area contributed by atoms with Crippen molar-refractivity contribution in [1.82, 2.24) is 15.1 Å². The van der Waals surface area contributed by atoms with Gasteiger partial charge in [0.1, 0.15) is 5.75 Å². The molecule has 1 amide bonds. The second kappa shape index (κ2) is 7.23. The number of rotatable bonds is 5. The molecule has 1 aromatic heterocycles. The molecule has 7 nitrogen and oxygen atoms in total. The SMILES string of the molecule is COc1ccccc1-c1nnc(CCC(=O)N2CCOCC2)o1. The Balaban J connectivity index is 1.62. The average Bonchev–Trinajstić information content (AvgIpc) is 3.09. The summed E-state index contributed by atoms with van der Waals surface area (Å²) >= 11 is 0. The summed E-state index contributed by atoms with van der Waals surface area (Å²) in [7, 11) is 1.59. The molecule has 2 aromatic rings. The topological polar surface area (TPSA) is 77.7 Å². The van der Waals surface area contributed by atoms with Crippen molar-refractivity contribution in [3.8, 4) is 17.2 Å². The molecular weight excluding hydrogens is 298 g/mol. The first-order valence-corrected chi connectivity index (χ1v) is 7.59. The number of carbonyl (C=O) groups excluding carboxylic acids is 1. The summed E-state index contributed by atoms with van der Waals surface area (Å²) < 4.78 is 16.2. The highest BCUT2D eigenvalue weighted by Gasteiger charge is 2.18. The van der Waals surface area contributed by atoms with Gasteiger partial charge in [-0.05, 0) is 12.1 Å². The van der Waals surface area contributed by atoms with Crippen LogP contribution in [0, 0.1) is 0 Å². The summed E-state index contributed by atoms with van der Waals surface area (Å²) in [5.41, 5.74) is 0.744.